The second-order valence-corrected chi connectivity index (χ2v) is 3.49. The molecule has 0 aliphatic carbocycles. The normalized spacial score (nSPS) is 18.1. The van der Waals surface area contributed by atoms with E-state index in [0.29, 0.717) is 0 Å². The first-order valence-corrected chi connectivity index (χ1v) is 3.62. The third-order valence-corrected chi connectivity index (χ3v) is 1.97. The van der Waals surface area contributed by atoms with Crippen LogP contribution in [-0.2, 0) is 4.79 Å². The van der Waals surface area contributed by atoms with Crippen molar-refractivity contribution in [3.63, 3.8) is 0 Å². The average molecular weight is 151 g/mol. The molecule has 0 radical (unpaired) electrons. The lowest BCUT2D eigenvalue weighted by atomic mass is 10.4. The van der Waals surface area contributed by atoms with E-state index in [0.717, 1.165) is 0 Å². The van der Waals surface area contributed by atoms with E-state index < -0.39 is 11.3 Å². The van der Waals surface area contributed by atoms with Crippen LogP contribution in [0.25, 0.3) is 0 Å². The molecule has 0 aliphatic rings. The Morgan fingerprint density at radius 2 is 2.33 bits per heavy atom. The number of carboxylic acid groups (broad SMARTS) is 1. The first-order chi connectivity index (χ1) is 4.00. The number of rotatable bonds is 3. The van der Waals surface area contributed by atoms with Gasteiger partial charge in [-0.1, -0.05) is 8.58 Å². The molecule has 0 saturated carbocycles. The minimum atomic E-state index is -1.63. The van der Waals surface area contributed by atoms with Crippen LogP contribution in [-0.4, -0.2) is 27.8 Å². The van der Waals surface area contributed by atoms with Gasteiger partial charge in [0.15, 0.2) is 5.34 Å². The molecule has 0 aromatic rings. The number of hydrogen-bond acceptors (Lipinski definition) is 3. The lowest BCUT2D eigenvalue weighted by Gasteiger charge is -2.15. The molecule has 2 unspecified atom stereocenters. The van der Waals surface area contributed by atoms with Crippen LogP contribution < -0.4 is 5.73 Å². The lowest BCUT2D eigenvalue weighted by molar-refractivity contribution is -0.148. The Morgan fingerprint density at radius 3 is 2.44 bits per heavy atom. The molecule has 2 atom stereocenters. The molecule has 0 saturated heterocycles. The molecule has 0 fully saturated rings. The molecule has 0 aromatic carbocycles. The molecule has 4 N–H and O–H groups in total. The first kappa shape index (κ1) is 8.82. The summed E-state index contributed by atoms with van der Waals surface area (Å²) < 4.78 is 0. The summed E-state index contributed by atoms with van der Waals surface area (Å²) in [6.07, 6.45) is 0.208. The third-order valence-electron chi connectivity index (χ3n) is 0.863. The second kappa shape index (κ2) is 3.11. The highest BCUT2D eigenvalue weighted by Gasteiger charge is 2.28. The van der Waals surface area contributed by atoms with Crippen molar-refractivity contribution < 1.29 is 15.0 Å². The van der Waals surface area contributed by atoms with E-state index in [1.54, 1.807) is 0 Å². The summed E-state index contributed by atoms with van der Waals surface area (Å²) in [5, 5.41) is 15.6. The van der Waals surface area contributed by atoms with Crippen LogP contribution in [0.5, 0.6) is 0 Å². The topological polar surface area (TPSA) is 83.5 Å². The summed E-state index contributed by atoms with van der Waals surface area (Å²) >= 11 is 0. The minimum absolute atomic E-state index is 0.144. The Kier molecular flexibility index (Phi) is 3.04. The molecule has 0 bridgehead atoms. The van der Waals surface area contributed by atoms with Gasteiger partial charge in [0.1, 0.15) is 0 Å². The maximum Gasteiger partial charge on any atom is 0.339 e. The molecule has 0 amide bonds. The van der Waals surface area contributed by atoms with Crippen LogP contribution in [0.2, 0.25) is 0 Å². The molecule has 0 aromatic heterocycles. The predicted octanol–water partition coefficient (Wildman–Crippen LogP) is -0.626. The van der Waals surface area contributed by atoms with Gasteiger partial charge in [0.05, 0.1) is 0 Å². The van der Waals surface area contributed by atoms with Crippen LogP contribution in [0.1, 0.15) is 6.92 Å². The molecule has 0 aliphatic heterocycles. The van der Waals surface area contributed by atoms with E-state index in [1.165, 1.54) is 6.92 Å². The van der Waals surface area contributed by atoms with Crippen molar-refractivity contribution >= 4 is 14.6 Å². The third kappa shape index (κ3) is 2.75. The van der Waals surface area contributed by atoms with Crippen molar-refractivity contribution in [1.29, 1.82) is 0 Å². The van der Waals surface area contributed by atoms with Crippen LogP contribution in [0.3, 0.4) is 0 Å². The summed E-state index contributed by atoms with van der Waals surface area (Å²) in [7, 11) is -0.144. The Bertz CT molecular complexity index is 114. The first-order valence-electron chi connectivity index (χ1n) is 2.41. The zero-order valence-corrected chi connectivity index (χ0v) is 6.09. The molecule has 4 nitrogen and oxygen atoms in total. The van der Waals surface area contributed by atoms with Crippen molar-refractivity contribution in [3.05, 3.63) is 0 Å². The molecular weight excluding hydrogens is 141 g/mol. The monoisotopic (exact) mass is 151 g/mol. The quantitative estimate of drug-likeness (QED) is 0.469. The van der Waals surface area contributed by atoms with Gasteiger partial charge in [-0.3, -0.25) is 0 Å². The molecule has 0 spiro atoms. The zero-order chi connectivity index (χ0) is 7.49. The fraction of sp³-hybridized carbons (Fsp3) is 0.750. The Morgan fingerprint density at radius 1 is 1.89 bits per heavy atom. The molecular formula is C4H10NO3P. The number of carbonyl (C=O) groups is 1. The summed E-state index contributed by atoms with van der Waals surface area (Å²) in [4.78, 5) is 10.1. The van der Waals surface area contributed by atoms with Gasteiger partial charge < -0.3 is 15.9 Å². The Balaban J connectivity index is 3.85. The van der Waals surface area contributed by atoms with E-state index in [9.17, 15) is 4.79 Å². The molecule has 0 heterocycles. The average Bonchev–Trinajstić information content (AvgIpc) is 1.65. The van der Waals surface area contributed by atoms with Crippen molar-refractivity contribution in [2.75, 3.05) is 6.29 Å². The van der Waals surface area contributed by atoms with Crippen LogP contribution in [0.4, 0.5) is 0 Å². The van der Waals surface area contributed by atoms with Crippen molar-refractivity contribution in [1.82, 2.24) is 0 Å². The minimum Gasteiger partial charge on any atom is -0.479 e. The number of nitrogens with two attached hydrogens (primary N) is 1. The molecule has 9 heavy (non-hydrogen) atoms. The van der Waals surface area contributed by atoms with Crippen molar-refractivity contribution in [2.24, 2.45) is 5.73 Å². The summed E-state index contributed by atoms with van der Waals surface area (Å²) in [5.74, 6) is -1.22. The van der Waals surface area contributed by atoms with Gasteiger partial charge in [0.25, 0.3) is 0 Å². The van der Waals surface area contributed by atoms with E-state index in [4.69, 9.17) is 15.9 Å². The van der Waals surface area contributed by atoms with Crippen LogP contribution in [0.15, 0.2) is 0 Å². The highest BCUT2D eigenvalue weighted by Crippen LogP contribution is 2.26. The fourth-order valence-corrected chi connectivity index (χ4v) is 0.823. The van der Waals surface area contributed by atoms with E-state index in [1.807, 2.05) is 0 Å². The lowest BCUT2D eigenvalue weighted by Crippen LogP contribution is -2.30. The number of carboxylic acids is 1. The van der Waals surface area contributed by atoms with Crippen molar-refractivity contribution in [3.8, 4) is 0 Å². The molecule has 5 heteroatoms. The SMILES string of the molecule is CC(O)(PCN)C(=O)O. The Hall–Kier alpha value is -0.180. The number of aliphatic hydroxyl groups is 1. The highest BCUT2D eigenvalue weighted by atomic mass is 31.1. The van der Waals surface area contributed by atoms with Gasteiger partial charge in [-0.15, -0.1) is 0 Å². The van der Waals surface area contributed by atoms with E-state index >= 15 is 0 Å². The molecule has 0 rings (SSSR count). The summed E-state index contributed by atoms with van der Waals surface area (Å²) in [6, 6.07) is 0. The van der Waals surface area contributed by atoms with E-state index in [-0.39, 0.29) is 14.9 Å². The predicted molar refractivity (Wildman–Crippen MR) is 35.6 cm³/mol. The maximum atomic E-state index is 10.1. The fourth-order valence-electron chi connectivity index (χ4n) is 0.274. The van der Waals surface area contributed by atoms with Crippen LogP contribution >= 0.6 is 8.58 Å². The maximum absolute atomic E-state index is 10.1. The van der Waals surface area contributed by atoms with Gasteiger partial charge in [0, 0.05) is 6.29 Å². The highest BCUT2D eigenvalue weighted by molar-refractivity contribution is 7.40. The largest absolute Gasteiger partial charge is 0.479 e. The van der Waals surface area contributed by atoms with Gasteiger partial charge in [0.2, 0.25) is 0 Å². The summed E-state index contributed by atoms with van der Waals surface area (Å²) in [5.41, 5.74) is 5.04. The van der Waals surface area contributed by atoms with Gasteiger partial charge in [-0.2, -0.15) is 0 Å². The van der Waals surface area contributed by atoms with Gasteiger partial charge >= 0.3 is 5.97 Å². The number of hydrogen-bond donors (Lipinski definition) is 3. The smallest absolute Gasteiger partial charge is 0.339 e. The van der Waals surface area contributed by atoms with Gasteiger partial charge in [-0.05, 0) is 6.92 Å². The van der Waals surface area contributed by atoms with Gasteiger partial charge in [-0.25, -0.2) is 4.79 Å². The Labute approximate surface area is 54.8 Å². The van der Waals surface area contributed by atoms with Crippen molar-refractivity contribution in [2.45, 2.75) is 12.3 Å². The molecule has 54 valence electrons. The standard InChI is InChI=1S/C4H10NO3P/c1-4(8,3(6)7)9-2-5/h8-9H,2,5H2,1H3,(H,6,7). The van der Waals surface area contributed by atoms with Crippen LogP contribution in [0, 0.1) is 0 Å². The van der Waals surface area contributed by atoms with E-state index in [2.05, 4.69) is 0 Å². The summed E-state index contributed by atoms with van der Waals surface area (Å²) in [6.45, 7) is 1.24. The zero-order valence-electron chi connectivity index (χ0n) is 5.09. The number of aliphatic carboxylic acids is 1. The second-order valence-electron chi connectivity index (χ2n) is 1.76.